The quantitative estimate of drug-likeness (QED) is 0.308. The van der Waals surface area contributed by atoms with Crippen molar-refractivity contribution in [2.24, 2.45) is 0 Å². The third-order valence-corrected chi connectivity index (χ3v) is 7.59. The number of amides is 2. The lowest BCUT2D eigenvalue weighted by Crippen LogP contribution is -2.49. The molecule has 0 aliphatic carbocycles. The Morgan fingerprint density at radius 1 is 1.07 bits per heavy atom. The molecule has 0 radical (unpaired) electrons. The van der Waals surface area contributed by atoms with Crippen LogP contribution in [0.2, 0.25) is 0 Å². The monoisotopic (exact) mass is 601 g/mol. The van der Waals surface area contributed by atoms with E-state index in [0.717, 1.165) is 6.20 Å². The maximum absolute atomic E-state index is 14.2. The molecule has 2 amide bonds. The normalized spacial score (nSPS) is 19.5. The summed E-state index contributed by atoms with van der Waals surface area (Å²) in [6, 6.07) is 8.83. The molecule has 220 valence electrons. The van der Waals surface area contributed by atoms with Gasteiger partial charge in [0.25, 0.3) is 11.8 Å². The van der Waals surface area contributed by atoms with Gasteiger partial charge in [-0.25, -0.2) is 18.0 Å². The second-order valence-corrected chi connectivity index (χ2v) is 10.5. The van der Waals surface area contributed by atoms with Crippen LogP contribution < -0.4 is 15.5 Å². The summed E-state index contributed by atoms with van der Waals surface area (Å²) in [6.07, 6.45) is 1.28. The smallest absolute Gasteiger partial charge is 0.364 e. The Balaban J connectivity index is 1.59. The van der Waals surface area contributed by atoms with Crippen molar-refractivity contribution in [2.75, 3.05) is 6.54 Å². The number of carbonyl (C=O) groups is 3. The van der Waals surface area contributed by atoms with E-state index < -0.39 is 75.6 Å². The number of nitrogens with zero attached hydrogens (tertiary/aromatic N) is 2. The minimum absolute atomic E-state index is 0.108. The molecule has 2 aliphatic heterocycles. The maximum atomic E-state index is 14.2. The molecule has 42 heavy (non-hydrogen) atoms. The van der Waals surface area contributed by atoms with Gasteiger partial charge in [0, 0.05) is 43.0 Å². The first-order valence-corrected chi connectivity index (χ1v) is 13.6. The molecule has 1 N–H and O–H groups in total. The lowest BCUT2D eigenvalue weighted by atomic mass is 10.0. The van der Waals surface area contributed by atoms with Gasteiger partial charge in [-0.2, -0.15) is 0 Å². The van der Waals surface area contributed by atoms with Gasteiger partial charge < -0.3 is 24.3 Å². The highest BCUT2D eigenvalue weighted by Crippen LogP contribution is 2.36. The van der Waals surface area contributed by atoms with Crippen LogP contribution >= 0.6 is 12.6 Å². The summed E-state index contributed by atoms with van der Waals surface area (Å²) in [5.74, 6) is -5.45. The van der Waals surface area contributed by atoms with Crippen LogP contribution in [0.25, 0.3) is 0 Å². The van der Waals surface area contributed by atoms with E-state index in [9.17, 15) is 32.3 Å². The number of hydrogen-bond donors (Lipinski definition) is 2. The molecule has 3 heterocycles. The molecule has 0 saturated carbocycles. The molecule has 2 aromatic carbocycles. The van der Waals surface area contributed by atoms with Crippen LogP contribution in [0.5, 0.6) is 5.75 Å². The predicted molar refractivity (Wildman–Crippen MR) is 147 cm³/mol. The molecule has 2 bridgehead atoms. The summed E-state index contributed by atoms with van der Waals surface area (Å²) in [6.45, 7) is 1.16. The second-order valence-electron chi connectivity index (χ2n) is 10.1. The van der Waals surface area contributed by atoms with Crippen molar-refractivity contribution < 1.29 is 37.0 Å². The summed E-state index contributed by atoms with van der Waals surface area (Å²) in [7, 11) is 0. The third kappa shape index (κ3) is 5.73. The van der Waals surface area contributed by atoms with Crippen molar-refractivity contribution in [3.63, 3.8) is 0 Å². The summed E-state index contributed by atoms with van der Waals surface area (Å²) in [5, 5.41) is 1.46. The highest BCUT2D eigenvalue weighted by molar-refractivity contribution is 7.96. The Morgan fingerprint density at radius 2 is 1.76 bits per heavy atom. The lowest BCUT2D eigenvalue weighted by Gasteiger charge is -2.39. The van der Waals surface area contributed by atoms with E-state index in [1.807, 2.05) is 6.92 Å². The van der Waals surface area contributed by atoms with Crippen molar-refractivity contribution in [3.8, 4) is 5.75 Å². The first-order chi connectivity index (χ1) is 20.0. The minimum Gasteiger partial charge on any atom is -0.483 e. The van der Waals surface area contributed by atoms with Gasteiger partial charge in [-0.1, -0.05) is 43.0 Å². The molecule has 1 fully saturated rings. The van der Waals surface area contributed by atoms with Crippen LogP contribution in [0.15, 0.2) is 53.5 Å². The fraction of sp³-hybridized carbons (Fsp3) is 0.310. The number of benzene rings is 2. The Hall–Kier alpha value is -4.26. The first-order valence-electron chi connectivity index (χ1n) is 13.1. The molecular formula is C29H26F3N3O6S. The summed E-state index contributed by atoms with van der Waals surface area (Å²) in [5.41, 5.74) is -1.43. The second kappa shape index (κ2) is 11.9. The number of nitrogens with one attached hydrogen (secondary N) is 1. The van der Waals surface area contributed by atoms with E-state index >= 15 is 0 Å². The first kappa shape index (κ1) is 29.2. The van der Waals surface area contributed by atoms with Gasteiger partial charge >= 0.3 is 5.30 Å². The van der Waals surface area contributed by atoms with Gasteiger partial charge in [-0.15, -0.1) is 0 Å². The van der Waals surface area contributed by atoms with E-state index in [1.165, 1.54) is 4.57 Å². The topological polar surface area (TPSA) is 107 Å². The molecule has 2 aliphatic rings. The van der Waals surface area contributed by atoms with Crippen LogP contribution in [0.1, 0.15) is 57.8 Å². The molecule has 9 nitrogen and oxygen atoms in total. The largest absolute Gasteiger partial charge is 0.483 e. The summed E-state index contributed by atoms with van der Waals surface area (Å²) < 4.78 is 54.5. The number of aromatic nitrogens is 1. The average Bonchev–Trinajstić information content (AvgIpc) is 3.07. The number of ether oxygens (including phenoxy) is 2. The molecule has 0 spiro atoms. The molecule has 13 heteroatoms. The Morgan fingerprint density at radius 3 is 2.43 bits per heavy atom. The van der Waals surface area contributed by atoms with E-state index in [2.05, 4.69) is 17.9 Å². The number of rotatable bonds is 7. The van der Waals surface area contributed by atoms with Gasteiger partial charge in [0.15, 0.2) is 11.4 Å². The average molecular weight is 602 g/mol. The molecule has 5 rings (SSSR count). The standard InChI is InChI=1S/C29H26F3N3O6S/c1-15-7-8-23(41-29(39)42)22-13-34(15)28(38)24-26(40-14-16-5-3-2-4-6-16)25(36)19(12-35(22)24)27(37)33-11-18-20(31)9-17(30)10-21(18)32/h2-6,9-10,12,15,22-23H,7-8,11,13-14H2,1H3,(H,33,37)(H,39,42)/t15?,22?,23-/m1/s1. The van der Waals surface area contributed by atoms with Crippen LogP contribution in [0, 0.1) is 17.5 Å². The number of carbonyl (C=O) groups excluding carboxylic acids is 3. The zero-order chi connectivity index (χ0) is 30.1. The van der Waals surface area contributed by atoms with Crippen molar-refractivity contribution in [2.45, 2.75) is 51.1 Å². The predicted octanol–water partition coefficient (Wildman–Crippen LogP) is 4.39. The SMILES string of the molecule is CC1CC[C@@H](OC(=O)S)C2CN1C(=O)c1c(OCc3ccccc3)c(=O)c(C(=O)NCc3c(F)cc(F)cc3F)cn12. The zero-order valence-electron chi connectivity index (χ0n) is 22.3. The molecule has 3 aromatic rings. The fourth-order valence-corrected chi connectivity index (χ4v) is 5.45. The number of halogens is 3. The van der Waals surface area contributed by atoms with Crippen molar-refractivity contribution in [1.29, 1.82) is 0 Å². The van der Waals surface area contributed by atoms with Crippen LogP contribution in [0.4, 0.5) is 18.0 Å². The summed E-state index contributed by atoms with van der Waals surface area (Å²) in [4.78, 5) is 54.1. The number of fused-ring (bicyclic) bond motifs is 4. The Labute approximate surface area is 243 Å². The number of pyridine rings is 1. The molecular weight excluding hydrogens is 575 g/mol. The van der Waals surface area contributed by atoms with Gasteiger partial charge in [0.05, 0.1) is 6.04 Å². The minimum atomic E-state index is -1.21. The van der Waals surface area contributed by atoms with E-state index in [-0.39, 0.29) is 24.9 Å². The van der Waals surface area contributed by atoms with Gasteiger partial charge in [0.1, 0.15) is 35.7 Å². The van der Waals surface area contributed by atoms with Crippen LogP contribution in [-0.2, 0) is 17.9 Å². The Kier molecular flexibility index (Phi) is 8.30. The van der Waals surface area contributed by atoms with Gasteiger partial charge in [0.2, 0.25) is 5.43 Å². The Bertz CT molecular complexity index is 1590. The van der Waals surface area contributed by atoms with E-state index in [1.54, 1.807) is 35.2 Å². The number of thiol groups is 1. The summed E-state index contributed by atoms with van der Waals surface area (Å²) >= 11 is 3.75. The van der Waals surface area contributed by atoms with Crippen molar-refractivity contribution >= 4 is 29.7 Å². The van der Waals surface area contributed by atoms with Gasteiger partial charge in [-0.3, -0.25) is 14.4 Å². The molecule has 1 saturated heterocycles. The maximum Gasteiger partial charge on any atom is 0.364 e. The van der Waals surface area contributed by atoms with Crippen LogP contribution in [0.3, 0.4) is 0 Å². The lowest BCUT2D eigenvalue weighted by molar-refractivity contribution is 0.0468. The molecule has 2 unspecified atom stereocenters. The van der Waals surface area contributed by atoms with Crippen molar-refractivity contribution in [1.82, 2.24) is 14.8 Å². The number of hydrogen-bond acceptors (Lipinski definition) is 6. The van der Waals surface area contributed by atoms with Gasteiger partial charge in [-0.05, 0) is 25.3 Å². The zero-order valence-corrected chi connectivity index (χ0v) is 23.2. The van der Waals surface area contributed by atoms with E-state index in [4.69, 9.17) is 9.47 Å². The fourth-order valence-electron chi connectivity index (χ4n) is 5.31. The van der Waals surface area contributed by atoms with Crippen molar-refractivity contribution in [3.05, 3.63) is 98.7 Å². The van der Waals surface area contributed by atoms with Crippen LogP contribution in [-0.4, -0.2) is 45.3 Å². The third-order valence-electron chi connectivity index (χ3n) is 7.48. The molecule has 1 aromatic heterocycles. The molecule has 3 atom stereocenters. The highest BCUT2D eigenvalue weighted by atomic mass is 32.1. The highest BCUT2D eigenvalue weighted by Gasteiger charge is 2.44. The van der Waals surface area contributed by atoms with E-state index in [0.29, 0.717) is 30.5 Å².